The Labute approximate surface area is 153 Å². The second-order valence-electron chi connectivity index (χ2n) is 6.26. The van der Waals surface area contributed by atoms with Crippen molar-refractivity contribution in [2.24, 2.45) is 5.92 Å². The quantitative estimate of drug-likeness (QED) is 0.826. The molecule has 0 spiro atoms. The van der Waals surface area contributed by atoms with Gasteiger partial charge in [-0.1, -0.05) is 19.8 Å². The first-order valence-corrected chi connectivity index (χ1v) is 10.3. The number of amides is 1. The van der Waals surface area contributed by atoms with Crippen LogP contribution in [0.15, 0.2) is 0 Å². The van der Waals surface area contributed by atoms with E-state index in [0.717, 1.165) is 41.9 Å². The number of halogens is 1. The van der Waals surface area contributed by atoms with E-state index in [4.69, 9.17) is 0 Å². The van der Waals surface area contributed by atoms with E-state index >= 15 is 0 Å². The van der Waals surface area contributed by atoms with Crippen molar-refractivity contribution in [3.63, 3.8) is 0 Å². The molecule has 1 aliphatic carbocycles. The summed E-state index contributed by atoms with van der Waals surface area (Å²) in [5, 5.41) is 7.22. The van der Waals surface area contributed by atoms with Gasteiger partial charge in [0.1, 0.15) is 0 Å². The van der Waals surface area contributed by atoms with Crippen LogP contribution in [-0.2, 0) is 17.6 Å². The van der Waals surface area contributed by atoms with Crippen LogP contribution >= 0.6 is 35.5 Å². The molecule has 1 saturated heterocycles. The van der Waals surface area contributed by atoms with Crippen molar-refractivity contribution >= 4 is 46.5 Å². The molecular formula is C16H26ClN3OS2. The minimum atomic E-state index is 0. The zero-order valence-electron chi connectivity index (χ0n) is 13.6. The van der Waals surface area contributed by atoms with Crippen LogP contribution in [0.2, 0.25) is 0 Å². The molecule has 4 nitrogen and oxygen atoms in total. The second-order valence-corrected chi connectivity index (χ2v) is 8.50. The van der Waals surface area contributed by atoms with Crippen LogP contribution in [0.4, 0.5) is 5.13 Å². The molecule has 3 rings (SSSR count). The Morgan fingerprint density at radius 2 is 2.35 bits per heavy atom. The van der Waals surface area contributed by atoms with Crippen molar-refractivity contribution in [2.45, 2.75) is 51.5 Å². The molecule has 1 aromatic rings. The Hall–Kier alpha value is -0.300. The first-order chi connectivity index (χ1) is 10.7. The predicted octanol–water partition coefficient (Wildman–Crippen LogP) is 3.50. The number of thiazole rings is 1. The number of nitrogens with zero attached hydrogens (tertiary/aromatic N) is 1. The third kappa shape index (κ3) is 5.34. The normalized spacial score (nSPS) is 23.7. The number of hydrogen-bond acceptors (Lipinski definition) is 5. The lowest BCUT2D eigenvalue weighted by Gasteiger charge is -2.22. The summed E-state index contributed by atoms with van der Waals surface area (Å²) in [6, 6.07) is 0.308. The van der Waals surface area contributed by atoms with Gasteiger partial charge in [-0.3, -0.25) is 4.79 Å². The number of thioether (sulfide) groups is 1. The summed E-state index contributed by atoms with van der Waals surface area (Å²) in [4.78, 5) is 18.2. The molecular weight excluding hydrogens is 350 g/mol. The second kappa shape index (κ2) is 9.25. The fourth-order valence-corrected chi connectivity index (χ4v) is 5.38. The van der Waals surface area contributed by atoms with Gasteiger partial charge in [0.2, 0.25) is 5.91 Å². The summed E-state index contributed by atoms with van der Waals surface area (Å²) in [7, 11) is 0. The van der Waals surface area contributed by atoms with Crippen molar-refractivity contribution in [1.29, 1.82) is 0 Å². The zero-order chi connectivity index (χ0) is 15.4. The molecule has 0 saturated carbocycles. The molecule has 1 aromatic heterocycles. The molecule has 0 radical (unpaired) electrons. The molecule has 0 aromatic carbocycles. The minimum absolute atomic E-state index is 0. The number of carbonyl (C=O) groups is 1. The maximum atomic E-state index is 12.2. The van der Waals surface area contributed by atoms with Crippen LogP contribution in [0.5, 0.6) is 0 Å². The molecule has 1 amide bonds. The van der Waals surface area contributed by atoms with Crippen LogP contribution in [0.3, 0.4) is 0 Å². The molecule has 2 atom stereocenters. The van der Waals surface area contributed by atoms with Gasteiger partial charge in [-0.15, -0.1) is 23.7 Å². The highest BCUT2D eigenvalue weighted by atomic mass is 35.5. The van der Waals surface area contributed by atoms with E-state index in [1.54, 1.807) is 11.3 Å². The highest BCUT2D eigenvalue weighted by Crippen LogP contribution is 2.34. The van der Waals surface area contributed by atoms with Crippen LogP contribution in [0.25, 0.3) is 0 Å². The van der Waals surface area contributed by atoms with Gasteiger partial charge in [0, 0.05) is 35.4 Å². The lowest BCUT2D eigenvalue weighted by atomic mass is 9.88. The first-order valence-electron chi connectivity index (χ1n) is 8.34. The summed E-state index contributed by atoms with van der Waals surface area (Å²) >= 11 is 3.61. The Bertz CT molecular complexity index is 517. The van der Waals surface area contributed by atoms with E-state index in [-0.39, 0.29) is 18.3 Å². The smallest absolute Gasteiger partial charge is 0.227 e. The van der Waals surface area contributed by atoms with Gasteiger partial charge in [-0.05, 0) is 25.2 Å². The van der Waals surface area contributed by atoms with Crippen molar-refractivity contribution < 1.29 is 4.79 Å². The average Bonchev–Trinajstić information content (AvgIpc) is 2.89. The van der Waals surface area contributed by atoms with Gasteiger partial charge in [0.15, 0.2) is 5.13 Å². The molecule has 1 aliphatic heterocycles. The molecule has 23 heavy (non-hydrogen) atoms. The van der Waals surface area contributed by atoms with Crippen molar-refractivity contribution in [1.82, 2.24) is 10.3 Å². The molecule has 2 unspecified atom stereocenters. The SMILES string of the molecule is CCCC1CCc2nc(NC(=O)CC3CSCCN3)sc2C1.Cl. The van der Waals surface area contributed by atoms with Crippen LogP contribution in [0, 0.1) is 5.92 Å². The number of hydrogen-bond donors (Lipinski definition) is 2. The van der Waals surface area contributed by atoms with E-state index in [0.29, 0.717) is 12.5 Å². The van der Waals surface area contributed by atoms with Crippen LogP contribution in [-0.4, -0.2) is 35.0 Å². The summed E-state index contributed by atoms with van der Waals surface area (Å²) in [5.74, 6) is 3.08. The monoisotopic (exact) mass is 375 g/mol. The largest absolute Gasteiger partial charge is 0.312 e. The molecule has 2 N–H and O–H groups in total. The third-order valence-electron chi connectivity index (χ3n) is 4.42. The van der Waals surface area contributed by atoms with Crippen LogP contribution < -0.4 is 10.6 Å². The van der Waals surface area contributed by atoms with Crippen molar-refractivity contribution in [3.8, 4) is 0 Å². The lowest BCUT2D eigenvalue weighted by Crippen LogP contribution is -2.39. The fourth-order valence-electron chi connectivity index (χ4n) is 3.30. The van der Waals surface area contributed by atoms with E-state index in [9.17, 15) is 4.79 Å². The molecule has 0 bridgehead atoms. The Morgan fingerprint density at radius 1 is 1.48 bits per heavy atom. The van der Waals surface area contributed by atoms with Gasteiger partial charge < -0.3 is 10.6 Å². The summed E-state index contributed by atoms with van der Waals surface area (Å²) in [6.45, 7) is 3.26. The topological polar surface area (TPSA) is 54.0 Å². The van der Waals surface area contributed by atoms with E-state index in [1.807, 2.05) is 11.8 Å². The van der Waals surface area contributed by atoms with Gasteiger partial charge in [-0.25, -0.2) is 4.98 Å². The minimum Gasteiger partial charge on any atom is -0.312 e. The molecule has 2 heterocycles. The number of rotatable bonds is 5. The Kier molecular flexibility index (Phi) is 7.66. The summed E-state index contributed by atoms with van der Waals surface area (Å²) in [6.07, 6.45) is 6.60. The van der Waals surface area contributed by atoms with Gasteiger partial charge in [0.05, 0.1) is 5.69 Å². The standard InChI is InChI=1S/C16H25N3OS2.ClH/c1-2-3-11-4-5-13-14(8-11)22-16(18-13)19-15(20)9-12-10-21-7-6-17-12;/h11-12,17H,2-10H2,1H3,(H,18,19,20);1H. The highest BCUT2D eigenvalue weighted by molar-refractivity contribution is 7.99. The maximum Gasteiger partial charge on any atom is 0.227 e. The molecule has 1 fully saturated rings. The molecule has 7 heteroatoms. The number of aryl methyl sites for hydroxylation is 1. The fraction of sp³-hybridized carbons (Fsp3) is 0.750. The maximum absolute atomic E-state index is 12.2. The number of carbonyl (C=O) groups excluding carboxylic acids is 1. The zero-order valence-corrected chi connectivity index (χ0v) is 16.0. The third-order valence-corrected chi connectivity index (χ3v) is 6.58. The van der Waals surface area contributed by atoms with Gasteiger partial charge in [0.25, 0.3) is 0 Å². The summed E-state index contributed by atoms with van der Waals surface area (Å²) in [5.41, 5.74) is 1.22. The number of nitrogens with one attached hydrogen (secondary N) is 2. The summed E-state index contributed by atoms with van der Waals surface area (Å²) < 4.78 is 0. The highest BCUT2D eigenvalue weighted by Gasteiger charge is 2.23. The predicted molar refractivity (Wildman–Crippen MR) is 102 cm³/mol. The number of aromatic nitrogens is 1. The van der Waals surface area contributed by atoms with Gasteiger partial charge in [-0.2, -0.15) is 11.8 Å². The van der Waals surface area contributed by atoms with Gasteiger partial charge >= 0.3 is 0 Å². The van der Waals surface area contributed by atoms with Crippen LogP contribution in [0.1, 0.15) is 43.2 Å². The van der Waals surface area contributed by atoms with Crippen molar-refractivity contribution in [3.05, 3.63) is 10.6 Å². The Balaban J connectivity index is 0.00000192. The Morgan fingerprint density at radius 3 is 3.09 bits per heavy atom. The lowest BCUT2D eigenvalue weighted by molar-refractivity contribution is -0.116. The average molecular weight is 376 g/mol. The first kappa shape index (κ1) is 19.0. The molecule has 2 aliphatic rings. The van der Waals surface area contributed by atoms with E-state index in [2.05, 4.69) is 22.5 Å². The van der Waals surface area contributed by atoms with E-state index in [1.165, 1.54) is 29.8 Å². The van der Waals surface area contributed by atoms with E-state index < -0.39 is 0 Å². The van der Waals surface area contributed by atoms with Crippen molar-refractivity contribution in [2.75, 3.05) is 23.4 Å². The molecule has 130 valence electrons. The number of fused-ring (bicyclic) bond motifs is 1. The number of anilines is 1.